The number of amides is 1. The molecular weight excluding hydrogens is 537 g/mol. The molecular formula is C27H34FN7O4S. The number of fused-ring (bicyclic) bond motifs is 1. The highest BCUT2D eigenvalue weighted by Gasteiger charge is 2.31. The Balaban J connectivity index is 1.66. The largest absolute Gasteiger partial charge is 0.387 e. The van der Waals surface area contributed by atoms with Gasteiger partial charge in [-0.3, -0.25) is 9.78 Å². The molecule has 13 heteroatoms. The maximum absolute atomic E-state index is 14.3. The number of aromatic nitrogens is 3. The summed E-state index contributed by atoms with van der Waals surface area (Å²) in [6.07, 6.45) is 5.20. The number of hydrogen-bond donors (Lipinski definition) is 3. The molecule has 1 aliphatic carbocycles. The van der Waals surface area contributed by atoms with Gasteiger partial charge in [0.1, 0.15) is 12.2 Å². The Hall–Kier alpha value is -3.60. The molecule has 1 aliphatic rings. The van der Waals surface area contributed by atoms with Gasteiger partial charge in [-0.15, -0.1) is 0 Å². The SMILES string of the molecule is CN(C1CCCC(Nc2cc(-c3ccc4cc(C#N)cnn34)ncc2C(=O)NC[C@@H](F)C(C)(C)O)C1)S(C)(=O)=O. The van der Waals surface area contributed by atoms with Gasteiger partial charge in [-0.1, -0.05) is 0 Å². The first-order valence-electron chi connectivity index (χ1n) is 13.0. The van der Waals surface area contributed by atoms with Gasteiger partial charge in [0, 0.05) is 25.3 Å². The lowest BCUT2D eigenvalue weighted by molar-refractivity contribution is -0.00177. The summed E-state index contributed by atoms with van der Waals surface area (Å²) in [5.74, 6) is -0.564. The minimum Gasteiger partial charge on any atom is -0.387 e. The second-order valence-corrected chi connectivity index (χ2v) is 12.8. The molecule has 1 saturated carbocycles. The van der Waals surface area contributed by atoms with Gasteiger partial charge in [-0.05, 0) is 63.8 Å². The molecule has 0 radical (unpaired) electrons. The quantitative estimate of drug-likeness (QED) is 0.354. The number of hydrogen-bond acceptors (Lipinski definition) is 8. The van der Waals surface area contributed by atoms with Crippen molar-refractivity contribution in [2.45, 2.75) is 63.4 Å². The summed E-state index contributed by atoms with van der Waals surface area (Å²) in [5, 5.41) is 29.4. The predicted molar refractivity (Wildman–Crippen MR) is 149 cm³/mol. The van der Waals surface area contributed by atoms with Gasteiger partial charge in [-0.25, -0.2) is 21.6 Å². The molecule has 1 amide bonds. The minimum absolute atomic E-state index is 0.129. The van der Waals surface area contributed by atoms with E-state index in [1.165, 1.54) is 36.8 Å². The van der Waals surface area contributed by atoms with Crippen molar-refractivity contribution in [3.8, 4) is 17.5 Å². The third-order valence-corrected chi connectivity index (χ3v) is 8.64. The first-order valence-corrected chi connectivity index (χ1v) is 14.8. The van der Waals surface area contributed by atoms with Crippen LogP contribution in [0.3, 0.4) is 0 Å². The summed E-state index contributed by atoms with van der Waals surface area (Å²) in [6, 6.07) is 8.78. The van der Waals surface area contributed by atoms with Crippen LogP contribution in [0.4, 0.5) is 10.1 Å². The average molecular weight is 572 g/mol. The fourth-order valence-corrected chi connectivity index (χ4v) is 5.53. The van der Waals surface area contributed by atoms with E-state index in [9.17, 15) is 28.0 Å². The molecule has 11 nitrogen and oxygen atoms in total. The number of nitrogens with one attached hydrogen (secondary N) is 2. The second-order valence-electron chi connectivity index (χ2n) is 10.8. The van der Waals surface area contributed by atoms with Crippen molar-refractivity contribution in [1.82, 2.24) is 24.2 Å². The summed E-state index contributed by atoms with van der Waals surface area (Å²) in [5.41, 5.74) is 1.29. The number of aliphatic hydroxyl groups is 1. The van der Waals surface area contributed by atoms with E-state index in [-0.39, 0.29) is 24.2 Å². The van der Waals surface area contributed by atoms with Crippen LogP contribution in [0.1, 0.15) is 55.5 Å². The minimum atomic E-state index is -3.36. The molecule has 0 bridgehead atoms. The van der Waals surface area contributed by atoms with Crippen LogP contribution in [-0.2, 0) is 10.0 Å². The van der Waals surface area contributed by atoms with Gasteiger partial charge in [0.15, 0.2) is 0 Å². The van der Waals surface area contributed by atoms with E-state index in [4.69, 9.17) is 0 Å². The first-order chi connectivity index (χ1) is 18.8. The molecule has 4 rings (SSSR count). The average Bonchev–Trinajstić information content (AvgIpc) is 3.33. The Kier molecular flexibility index (Phi) is 8.44. The number of pyridine rings is 1. The number of rotatable bonds is 9. The van der Waals surface area contributed by atoms with Crippen LogP contribution in [0.2, 0.25) is 0 Å². The van der Waals surface area contributed by atoms with Gasteiger partial charge in [0.25, 0.3) is 5.91 Å². The smallest absolute Gasteiger partial charge is 0.255 e. The highest BCUT2D eigenvalue weighted by molar-refractivity contribution is 7.88. The standard InChI is InChI=1S/C27H34FN7O4S/c1-27(2,37)25(28)16-31-26(36)21-15-30-23(24-9-8-20-10-17(13-29)14-32-35(20)24)12-22(21)33-18-6-5-7-19(11-18)34(3)40(4,38)39/h8-10,12,14-15,18-19,25,37H,5-7,11,16H2,1-4H3,(H,30,33)(H,31,36)/t18?,19?,25-/m1/s1. The molecule has 40 heavy (non-hydrogen) atoms. The Morgan fingerprint density at radius 3 is 2.75 bits per heavy atom. The molecule has 3 N–H and O–H groups in total. The third-order valence-electron chi connectivity index (χ3n) is 7.29. The zero-order chi connectivity index (χ0) is 29.2. The first kappa shape index (κ1) is 29.4. The van der Waals surface area contributed by atoms with Crippen molar-refractivity contribution < 1.29 is 22.7 Å². The van der Waals surface area contributed by atoms with Crippen LogP contribution in [0.5, 0.6) is 0 Å². The van der Waals surface area contributed by atoms with E-state index >= 15 is 0 Å². The van der Waals surface area contributed by atoms with Gasteiger partial charge in [0.05, 0.1) is 58.3 Å². The topological polar surface area (TPSA) is 153 Å². The van der Waals surface area contributed by atoms with E-state index in [1.54, 1.807) is 23.7 Å². The molecule has 0 spiro atoms. The van der Waals surface area contributed by atoms with Crippen molar-refractivity contribution in [2.75, 3.05) is 25.2 Å². The Labute approximate surface area is 233 Å². The Bertz CT molecular complexity index is 1540. The van der Waals surface area contributed by atoms with Gasteiger partial charge in [0.2, 0.25) is 10.0 Å². The van der Waals surface area contributed by atoms with E-state index in [1.807, 2.05) is 12.1 Å². The predicted octanol–water partition coefficient (Wildman–Crippen LogP) is 2.72. The number of alkyl halides is 1. The zero-order valence-corrected chi connectivity index (χ0v) is 23.7. The number of carbonyl (C=O) groups excluding carboxylic acids is 1. The van der Waals surface area contributed by atoms with E-state index in [0.29, 0.717) is 34.6 Å². The number of nitriles is 1. The van der Waals surface area contributed by atoms with E-state index in [0.717, 1.165) is 19.3 Å². The molecule has 3 aromatic heterocycles. The van der Waals surface area contributed by atoms with Crippen LogP contribution in [-0.4, -0.2) is 82.0 Å². The number of sulfonamides is 1. The summed E-state index contributed by atoms with van der Waals surface area (Å²) < 4.78 is 41.6. The monoisotopic (exact) mass is 571 g/mol. The van der Waals surface area contributed by atoms with Crippen LogP contribution in [0.25, 0.3) is 16.9 Å². The van der Waals surface area contributed by atoms with Crippen LogP contribution < -0.4 is 10.6 Å². The van der Waals surface area contributed by atoms with E-state index in [2.05, 4.69) is 26.8 Å². The fourth-order valence-electron chi connectivity index (χ4n) is 4.79. The fraction of sp³-hybridized carbons (Fsp3) is 0.481. The van der Waals surface area contributed by atoms with Gasteiger partial charge < -0.3 is 15.7 Å². The summed E-state index contributed by atoms with van der Waals surface area (Å²) in [4.78, 5) is 17.6. The maximum atomic E-state index is 14.3. The Morgan fingerprint density at radius 2 is 2.08 bits per heavy atom. The summed E-state index contributed by atoms with van der Waals surface area (Å²) >= 11 is 0. The molecule has 3 atom stereocenters. The summed E-state index contributed by atoms with van der Waals surface area (Å²) in [7, 11) is -1.79. The lowest BCUT2D eigenvalue weighted by Crippen LogP contribution is -2.43. The number of carbonyl (C=O) groups is 1. The normalized spacial score (nSPS) is 18.9. The highest BCUT2D eigenvalue weighted by Crippen LogP contribution is 2.30. The van der Waals surface area contributed by atoms with Crippen LogP contribution in [0.15, 0.2) is 36.7 Å². The molecule has 3 aromatic rings. The van der Waals surface area contributed by atoms with Crippen molar-refractivity contribution >= 4 is 27.1 Å². The van der Waals surface area contributed by atoms with Gasteiger partial charge in [-0.2, -0.15) is 10.4 Å². The Morgan fingerprint density at radius 1 is 1.32 bits per heavy atom. The van der Waals surface area contributed by atoms with Crippen LogP contribution in [0, 0.1) is 11.3 Å². The number of nitrogens with zero attached hydrogens (tertiary/aromatic N) is 5. The zero-order valence-electron chi connectivity index (χ0n) is 22.9. The molecule has 0 aliphatic heterocycles. The molecule has 1 fully saturated rings. The highest BCUT2D eigenvalue weighted by atomic mass is 32.2. The van der Waals surface area contributed by atoms with Crippen molar-refractivity contribution in [2.24, 2.45) is 0 Å². The molecule has 0 saturated heterocycles. The van der Waals surface area contributed by atoms with Crippen LogP contribution >= 0.6 is 0 Å². The second kappa shape index (κ2) is 11.5. The van der Waals surface area contributed by atoms with Gasteiger partial charge >= 0.3 is 0 Å². The lowest BCUT2D eigenvalue weighted by atomic mass is 9.90. The molecule has 2 unspecified atom stereocenters. The summed E-state index contributed by atoms with van der Waals surface area (Å²) in [6.45, 7) is 2.27. The van der Waals surface area contributed by atoms with Crippen molar-refractivity contribution in [1.29, 1.82) is 5.26 Å². The lowest BCUT2D eigenvalue weighted by Gasteiger charge is -2.35. The molecule has 0 aromatic carbocycles. The number of anilines is 1. The number of halogens is 1. The maximum Gasteiger partial charge on any atom is 0.255 e. The molecule has 214 valence electrons. The van der Waals surface area contributed by atoms with Crippen molar-refractivity contribution in [3.63, 3.8) is 0 Å². The third kappa shape index (κ3) is 6.57. The van der Waals surface area contributed by atoms with Crippen molar-refractivity contribution in [3.05, 3.63) is 47.8 Å². The van der Waals surface area contributed by atoms with E-state index < -0.39 is 27.7 Å². The molecule has 3 heterocycles.